The van der Waals surface area contributed by atoms with Crippen LogP contribution in [-0.4, -0.2) is 10.2 Å². The molecule has 3 aromatic rings. The molecule has 0 saturated carbocycles. The lowest BCUT2D eigenvalue weighted by Gasteiger charge is -2.07. The van der Waals surface area contributed by atoms with E-state index in [1.807, 2.05) is 42.5 Å². The molecule has 1 heterocycles. The van der Waals surface area contributed by atoms with Gasteiger partial charge in [0.05, 0.1) is 11.7 Å². The van der Waals surface area contributed by atoms with Crippen LogP contribution in [0.5, 0.6) is 11.5 Å². The Labute approximate surface area is 109 Å². The van der Waals surface area contributed by atoms with E-state index in [-0.39, 0.29) is 0 Å². The number of ether oxygens (including phenoxy) is 1. The molecular weight excluding hydrogens is 248 g/mol. The number of halogens is 1. The molecular formula is C14H9ClN2O. The van der Waals surface area contributed by atoms with Crippen LogP contribution in [0.15, 0.2) is 54.7 Å². The third kappa shape index (κ3) is 2.13. The Morgan fingerprint density at radius 3 is 2.67 bits per heavy atom. The average molecular weight is 257 g/mol. The fourth-order valence-corrected chi connectivity index (χ4v) is 1.87. The first-order valence-electron chi connectivity index (χ1n) is 5.47. The fourth-order valence-electron chi connectivity index (χ4n) is 1.70. The number of hydrogen-bond donors (Lipinski definition) is 0. The molecule has 0 amide bonds. The minimum Gasteiger partial charge on any atom is -0.455 e. The number of benzene rings is 2. The lowest BCUT2D eigenvalue weighted by Crippen LogP contribution is -1.90. The highest BCUT2D eigenvalue weighted by Crippen LogP contribution is 2.29. The zero-order valence-electron chi connectivity index (χ0n) is 9.38. The first-order chi connectivity index (χ1) is 8.83. The van der Waals surface area contributed by atoms with Gasteiger partial charge in [0.1, 0.15) is 5.75 Å². The minimum absolute atomic E-state index is 0.647. The normalized spacial score (nSPS) is 10.5. The van der Waals surface area contributed by atoms with Crippen molar-refractivity contribution in [3.05, 3.63) is 59.8 Å². The van der Waals surface area contributed by atoms with Crippen molar-refractivity contribution in [2.75, 3.05) is 0 Å². The lowest BCUT2D eigenvalue weighted by atomic mass is 10.2. The van der Waals surface area contributed by atoms with E-state index in [0.29, 0.717) is 10.8 Å². The molecule has 0 unspecified atom stereocenters. The SMILES string of the molecule is Clc1ccc2nncc(Oc3ccccc3)c2c1. The molecule has 0 fully saturated rings. The molecule has 4 heteroatoms. The summed E-state index contributed by atoms with van der Waals surface area (Å²) in [4.78, 5) is 0. The highest BCUT2D eigenvalue weighted by Gasteiger charge is 2.05. The highest BCUT2D eigenvalue weighted by atomic mass is 35.5. The predicted molar refractivity (Wildman–Crippen MR) is 71.1 cm³/mol. The number of fused-ring (bicyclic) bond motifs is 1. The molecule has 0 atom stereocenters. The van der Waals surface area contributed by atoms with Gasteiger partial charge >= 0.3 is 0 Å². The van der Waals surface area contributed by atoms with E-state index < -0.39 is 0 Å². The maximum Gasteiger partial charge on any atom is 0.157 e. The largest absolute Gasteiger partial charge is 0.455 e. The first-order valence-corrected chi connectivity index (χ1v) is 5.84. The average Bonchev–Trinajstić information content (AvgIpc) is 2.41. The van der Waals surface area contributed by atoms with Gasteiger partial charge < -0.3 is 4.74 Å². The van der Waals surface area contributed by atoms with E-state index in [4.69, 9.17) is 16.3 Å². The summed E-state index contributed by atoms with van der Waals surface area (Å²) in [5.74, 6) is 1.40. The van der Waals surface area contributed by atoms with E-state index in [1.54, 1.807) is 12.3 Å². The Balaban J connectivity index is 2.09. The van der Waals surface area contributed by atoms with E-state index >= 15 is 0 Å². The van der Waals surface area contributed by atoms with Crippen molar-refractivity contribution in [3.63, 3.8) is 0 Å². The Morgan fingerprint density at radius 1 is 1.00 bits per heavy atom. The van der Waals surface area contributed by atoms with E-state index in [1.165, 1.54) is 0 Å². The molecule has 0 N–H and O–H groups in total. The summed E-state index contributed by atoms with van der Waals surface area (Å²) >= 11 is 5.99. The Bertz CT molecular complexity index is 686. The molecule has 0 bridgehead atoms. The second-order valence-corrected chi connectivity index (χ2v) is 4.22. The van der Waals surface area contributed by atoms with Crippen LogP contribution < -0.4 is 4.74 Å². The molecule has 0 aliphatic rings. The van der Waals surface area contributed by atoms with Crippen molar-refractivity contribution in [1.29, 1.82) is 0 Å². The van der Waals surface area contributed by atoms with Gasteiger partial charge in [0.25, 0.3) is 0 Å². The Kier molecular flexibility index (Phi) is 2.82. The van der Waals surface area contributed by atoms with Gasteiger partial charge in [0.15, 0.2) is 5.75 Å². The van der Waals surface area contributed by atoms with Crippen LogP contribution in [0.25, 0.3) is 10.9 Å². The highest BCUT2D eigenvalue weighted by molar-refractivity contribution is 6.31. The van der Waals surface area contributed by atoms with Crippen LogP contribution in [-0.2, 0) is 0 Å². The van der Waals surface area contributed by atoms with Gasteiger partial charge in [-0.25, -0.2) is 0 Å². The van der Waals surface area contributed by atoms with Gasteiger partial charge in [-0.1, -0.05) is 29.8 Å². The molecule has 2 aromatic carbocycles. The molecule has 88 valence electrons. The number of para-hydroxylation sites is 1. The molecule has 18 heavy (non-hydrogen) atoms. The Morgan fingerprint density at radius 2 is 1.83 bits per heavy atom. The molecule has 3 rings (SSSR count). The molecule has 0 spiro atoms. The third-order valence-corrected chi connectivity index (χ3v) is 2.77. The quantitative estimate of drug-likeness (QED) is 0.693. The minimum atomic E-state index is 0.647. The summed E-state index contributed by atoms with van der Waals surface area (Å²) in [6, 6.07) is 15.0. The van der Waals surface area contributed by atoms with Crippen molar-refractivity contribution in [2.24, 2.45) is 0 Å². The molecule has 0 aliphatic carbocycles. The predicted octanol–water partition coefficient (Wildman–Crippen LogP) is 4.08. The van der Waals surface area contributed by atoms with Gasteiger partial charge in [0, 0.05) is 10.4 Å². The summed E-state index contributed by atoms with van der Waals surface area (Å²) in [6.45, 7) is 0. The lowest BCUT2D eigenvalue weighted by molar-refractivity contribution is 0.485. The smallest absolute Gasteiger partial charge is 0.157 e. The summed E-state index contributed by atoms with van der Waals surface area (Å²) in [6.07, 6.45) is 1.59. The van der Waals surface area contributed by atoms with Crippen LogP contribution in [0.2, 0.25) is 5.02 Å². The van der Waals surface area contributed by atoms with Crippen molar-refractivity contribution in [1.82, 2.24) is 10.2 Å². The topological polar surface area (TPSA) is 35.0 Å². The van der Waals surface area contributed by atoms with Crippen LogP contribution in [0, 0.1) is 0 Å². The van der Waals surface area contributed by atoms with Crippen LogP contribution in [0.1, 0.15) is 0 Å². The van der Waals surface area contributed by atoms with E-state index in [2.05, 4.69) is 10.2 Å². The maximum absolute atomic E-state index is 5.99. The standard InChI is InChI=1S/C14H9ClN2O/c15-10-6-7-13-12(8-10)14(9-16-17-13)18-11-4-2-1-3-5-11/h1-9H. The Hall–Kier alpha value is -2.13. The monoisotopic (exact) mass is 256 g/mol. The molecule has 0 saturated heterocycles. The molecule has 0 radical (unpaired) electrons. The van der Waals surface area contributed by atoms with E-state index in [9.17, 15) is 0 Å². The maximum atomic E-state index is 5.99. The molecule has 3 nitrogen and oxygen atoms in total. The second-order valence-electron chi connectivity index (χ2n) is 3.79. The van der Waals surface area contributed by atoms with Crippen molar-refractivity contribution in [3.8, 4) is 11.5 Å². The summed E-state index contributed by atoms with van der Waals surface area (Å²) < 4.78 is 5.79. The van der Waals surface area contributed by atoms with Gasteiger partial charge in [-0.15, -0.1) is 0 Å². The fraction of sp³-hybridized carbons (Fsp3) is 0. The number of rotatable bonds is 2. The van der Waals surface area contributed by atoms with Crippen LogP contribution in [0.4, 0.5) is 0 Å². The van der Waals surface area contributed by atoms with Gasteiger partial charge in [-0.2, -0.15) is 10.2 Å². The van der Waals surface area contributed by atoms with Crippen LogP contribution in [0.3, 0.4) is 0 Å². The van der Waals surface area contributed by atoms with Crippen molar-refractivity contribution < 1.29 is 4.74 Å². The summed E-state index contributed by atoms with van der Waals surface area (Å²) in [5, 5.41) is 9.45. The summed E-state index contributed by atoms with van der Waals surface area (Å²) in [7, 11) is 0. The van der Waals surface area contributed by atoms with Crippen molar-refractivity contribution >= 4 is 22.5 Å². The number of aromatic nitrogens is 2. The summed E-state index contributed by atoms with van der Waals surface area (Å²) in [5.41, 5.74) is 0.757. The van der Waals surface area contributed by atoms with Crippen LogP contribution >= 0.6 is 11.6 Å². The van der Waals surface area contributed by atoms with Gasteiger partial charge in [-0.3, -0.25) is 0 Å². The molecule has 1 aromatic heterocycles. The molecule has 0 aliphatic heterocycles. The number of nitrogens with zero attached hydrogens (tertiary/aromatic N) is 2. The first kappa shape index (κ1) is 11.0. The number of hydrogen-bond acceptors (Lipinski definition) is 3. The van der Waals surface area contributed by atoms with Gasteiger partial charge in [0.2, 0.25) is 0 Å². The zero-order valence-corrected chi connectivity index (χ0v) is 10.1. The third-order valence-electron chi connectivity index (χ3n) is 2.54. The van der Waals surface area contributed by atoms with Gasteiger partial charge in [-0.05, 0) is 30.3 Å². The zero-order chi connectivity index (χ0) is 12.4. The second kappa shape index (κ2) is 4.63. The van der Waals surface area contributed by atoms with E-state index in [0.717, 1.165) is 16.7 Å². The van der Waals surface area contributed by atoms with Crippen molar-refractivity contribution in [2.45, 2.75) is 0 Å².